The molecule has 0 aromatic heterocycles. The third-order valence-electron chi connectivity index (χ3n) is 3.18. The summed E-state index contributed by atoms with van der Waals surface area (Å²) in [6.45, 7) is 4.64. The van der Waals surface area contributed by atoms with E-state index in [0.717, 1.165) is 0 Å². The van der Waals surface area contributed by atoms with E-state index in [2.05, 4.69) is 10.6 Å². The van der Waals surface area contributed by atoms with Crippen molar-refractivity contribution in [2.75, 3.05) is 11.9 Å². The van der Waals surface area contributed by atoms with Gasteiger partial charge >= 0.3 is 0 Å². The number of halogens is 1. The van der Waals surface area contributed by atoms with Crippen LogP contribution in [0.3, 0.4) is 0 Å². The van der Waals surface area contributed by atoms with Crippen LogP contribution in [0.5, 0.6) is 0 Å². The fourth-order valence-electron chi connectivity index (χ4n) is 1.91. The predicted octanol–water partition coefficient (Wildman–Crippen LogP) is 3.46. The first kappa shape index (κ1) is 16.7. The van der Waals surface area contributed by atoms with Crippen molar-refractivity contribution in [3.8, 4) is 0 Å². The molecule has 2 amide bonds. The van der Waals surface area contributed by atoms with E-state index in [1.807, 2.05) is 13.8 Å². The van der Waals surface area contributed by atoms with Crippen molar-refractivity contribution in [2.24, 2.45) is 5.92 Å². The van der Waals surface area contributed by atoms with Crippen LogP contribution in [0.15, 0.2) is 48.5 Å². The predicted molar refractivity (Wildman–Crippen MR) is 88.0 cm³/mol. The van der Waals surface area contributed by atoms with Gasteiger partial charge in [-0.05, 0) is 54.4 Å². The molecule has 23 heavy (non-hydrogen) atoms. The molecule has 0 bridgehead atoms. The largest absolute Gasteiger partial charge is 0.352 e. The Bertz CT molecular complexity index is 679. The number of rotatable bonds is 5. The summed E-state index contributed by atoms with van der Waals surface area (Å²) in [5, 5.41) is 5.49. The Hall–Kier alpha value is -2.69. The molecule has 4 nitrogen and oxygen atoms in total. The van der Waals surface area contributed by atoms with Gasteiger partial charge in [-0.15, -0.1) is 0 Å². The minimum Gasteiger partial charge on any atom is -0.352 e. The third kappa shape index (κ3) is 4.92. The van der Waals surface area contributed by atoms with Crippen LogP contribution in [-0.2, 0) is 0 Å². The van der Waals surface area contributed by atoms with Gasteiger partial charge in [0, 0.05) is 23.4 Å². The molecule has 0 saturated carbocycles. The number of anilines is 1. The summed E-state index contributed by atoms with van der Waals surface area (Å²) in [6, 6.07) is 11.9. The Morgan fingerprint density at radius 3 is 1.96 bits per heavy atom. The average Bonchev–Trinajstić information content (AvgIpc) is 2.55. The second-order valence-corrected chi connectivity index (χ2v) is 5.64. The van der Waals surface area contributed by atoms with Gasteiger partial charge in [-0.3, -0.25) is 9.59 Å². The maximum atomic E-state index is 12.8. The average molecular weight is 314 g/mol. The summed E-state index contributed by atoms with van der Waals surface area (Å²) in [6.07, 6.45) is 0. The van der Waals surface area contributed by atoms with Crippen LogP contribution in [0, 0.1) is 11.7 Å². The first-order valence-corrected chi connectivity index (χ1v) is 7.41. The van der Waals surface area contributed by atoms with Crippen LogP contribution >= 0.6 is 0 Å². The first-order valence-electron chi connectivity index (χ1n) is 7.41. The van der Waals surface area contributed by atoms with Gasteiger partial charge in [0.15, 0.2) is 0 Å². The molecule has 120 valence electrons. The zero-order valence-electron chi connectivity index (χ0n) is 13.1. The molecule has 0 saturated heterocycles. The molecule has 2 rings (SSSR count). The molecule has 0 aliphatic carbocycles. The normalized spacial score (nSPS) is 10.4. The smallest absolute Gasteiger partial charge is 0.255 e. The lowest BCUT2D eigenvalue weighted by Gasteiger charge is -2.08. The second-order valence-electron chi connectivity index (χ2n) is 5.64. The van der Waals surface area contributed by atoms with Crippen LogP contribution < -0.4 is 10.6 Å². The number of nitrogens with one attached hydrogen (secondary N) is 2. The van der Waals surface area contributed by atoms with E-state index >= 15 is 0 Å². The lowest BCUT2D eigenvalue weighted by molar-refractivity contribution is 0.0947. The standard InChI is InChI=1S/C18H19FN2O2/c1-12(2)11-20-17(22)13-3-5-14(6-4-13)18(23)21-16-9-7-15(19)8-10-16/h3-10,12H,11H2,1-2H3,(H,20,22)(H,21,23). The van der Waals surface area contributed by atoms with E-state index in [0.29, 0.717) is 29.3 Å². The zero-order valence-corrected chi connectivity index (χ0v) is 13.1. The molecule has 2 aromatic rings. The van der Waals surface area contributed by atoms with Gasteiger partial charge < -0.3 is 10.6 Å². The summed E-state index contributed by atoms with van der Waals surface area (Å²) in [4.78, 5) is 24.0. The highest BCUT2D eigenvalue weighted by Gasteiger charge is 2.09. The van der Waals surface area contributed by atoms with Gasteiger partial charge in [0.2, 0.25) is 0 Å². The van der Waals surface area contributed by atoms with Crippen molar-refractivity contribution < 1.29 is 14.0 Å². The fourth-order valence-corrected chi connectivity index (χ4v) is 1.91. The quantitative estimate of drug-likeness (QED) is 0.888. The third-order valence-corrected chi connectivity index (χ3v) is 3.18. The minimum atomic E-state index is -0.361. The topological polar surface area (TPSA) is 58.2 Å². The van der Waals surface area contributed by atoms with Gasteiger partial charge in [0.1, 0.15) is 5.82 Å². The van der Waals surface area contributed by atoms with Crippen LogP contribution in [0.4, 0.5) is 10.1 Å². The molecule has 5 heteroatoms. The van der Waals surface area contributed by atoms with Crippen molar-refractivity contribution in [3.05, 3.63) is 65.5 Å². The van der Waals surface area contributed by atoms with E-state index in [4.69, 9.17) is 0 Å². The highest BCUT2D eigenvalue weighted by molar-refractivity contribution is 6.05. The van der Waals surface area contributed by atoms with Gasteiger partial charge in [-0.2, -0.15) is 0 Å². The van der Waals surface area contributed by atoms with Gasteiger partial charge in [0.25, 0.3) is 11.8 Å². The van der Waals surface area contributed by atoms with E-state index < -0.39 is 0 Å². The molecule has 0 atom stereocenters. The molecule has 0 spiro atoms. The molecule has 0 aliphatic heterocycles. The Balaban J connectivity index is 1.99. The van der Waals surface area contributed by atoms with E-state index in [-0.39, 0.29) is 17.6 Å². The SMILES string of the molecule is CC(C)CNC(=O)c1ccc(C(=O)Nc2ccc(F)cc2)cc1. The van der Waals surface area contributed by atoms with Crippen LogP contribution in [0.2, 0.25) is 0 Å². The monoisotopic (exact) mass is 314 g/mol. The molecule has 0 unspecified atom stereocenters. The maximum Gasteiger partial charge on any atom is 0.255 e. The summed E-state index contributed by atoms with van der Waals surface area (Å²) in [7, 11) is 0. The number of carbonyl (C=O) groups is 2. The van der Waals surface area contributed by atoms with Crippen LogP contribution in [0.1, 0.15) is 34.6 Å². The van der Waals surface area contributed by atoms with Gasteiger partial charge in [-0.1, -0.05) is 13.8 Å². The Kier molecular flexibility index (Phi) is 5.46. The van der Waals surface area contributed by atoms with E-state index in [1.54, 1.807) is 24.3 Å². The van der Waals surface area contributed by atoms with Crippen molar-refractivity contribution >= 4 is 17.5 Å². The lowest BCUT2D eigenvalue weighted by Crippen LogP contribution is -2.27. The number of benzene rings is 2. The summed E-state index contributed by atoms with van der Waals surface area (Å²) in [5.41, 5.74) is 1.44. The van der Waals surface area contributed by atoms with E-state index in [9.17, 15) is 14.0 Å². The Morgan fingerprint density at radius 1 is 0.913 bits per heavy atom. The highest BCUT2D eigenvalue weighted by Crippen LogP contribution is 2.11. The Morgan fingerprint density at radius 2 is 1.43 bits per heavy atom. The molecular weight excluding hydrogens is 295 g/mol. The highest BCUT2D eigenvalue weighted by atomic mass is 19.1. The van der Waals surface area contributed by atoms with E-state index in [1.165, 1.54) is 24.3 Å². The molecule has 0 radical (unpaired) electrons. The zero-order chi connectivity index (χ0) is 16.8. The number of hydrogen-bond donors (Lipinski definition) is 2. The van der Waals surface area contributed by atoms with Crippen molar-refractivity contribution in [2.45, 2.75) is 13.8 Å². The number of carbonyl (C=O) groups excluding carboxylic acids is 2. The van der Waals surface area contributed by atoms with Crippen molar-refractivity contribution in [1.29, 1.82) is 0 Å². The summed E-state index contributed by atoms with van der Waals surface area (Å²) in [5.74, 6) is -0.464. The lowest BCUT2D eigenvalue weighted by atomic mass is 10.1. The molecular formula is C18H19FN2O2. The number of amides is 2. The molecule has 0 aliphatic rings. The molecule has 2 N–H and O–H groups in total. The van der Waals surface area contributed by atoms with Crippen molar-refractivity contribution in [1.82, 2.24) is 5.32 Å². The minimum absolute atomic E-state index is 0.163. The number of hydrogen-bond acceptors (Lipinski definition) is 2. The van der Waals surface area contributed by atoms with Gasteiger partial charge in [-0.25, -0.2) is 4.39 Å². The summed E-state index contributed by atoms with van der Waals surface area (Å²) < 4.78 is 12.8. The maximum absolute atomic E-state index is 12.8. The fraction of sp³-hybridized carbons (Fsp3) is 0.222. The first-order chi connectivity index (χ1) is 11.0. The molecule has 0 fully saturated rings. The molecule has 2 aromatic carbocycles. The van der Waals surface area contributed by atoms with Crippen molar-refractivity contribution in [3.63, 3.8) is 0 Å². The van der Waals surface area contributed by atoms with Crippen LogP contribution in [-0.4, -0.2) is 18.4 Å². The van der Waals surface area contributed by atoms with Gasteiger partial charge in [0.05, 0.1) is 0 Å². The Labute approximate surface area is 134 Å². The van der Waals surface area contributed by atoms with Crippen LogP contribution in [0.25, 0.3) is 0 Å². The molecule has 0 heterocycles. The summed E-state index contributed by atoms with van der Waals surface area (Å²) >= 11 is 0. The second kappa shape index (κ2) is 7.54.